The third kappa shape index (κ3) is 4.12. The van der Waals surface area contributed by atoms with Gasteiger partial charge < -0.3 is 9.64 Å². The molecule has 174 valence electrons. The van der Waals surface area contributed by atoms with E-state index in [-0.39, 0.29) is 36.1 Å². The Morgan fingerprint density at radius 1 is 1.09 bits per heavy atom. The minimum atomic E-state index is -1.16. The summed E-state index contributed by atoms with van der Waals surface area (Å²) in [7, 11) is 0. The monoisotopic (exact) mass is 457 g/mol. The molecule has 1 aromatic rings. The molecule has 0 spiro atoms. The molecule has 0 aromatic heterocycles. The topological polar surface area (TPSA) is 113 Å². The van der Waals surface area contributed by atoms with E-state index in [4.69, 9.17) is 4.74 Å². The second-order valence-corrected chi connectivity index (χ2v) is 9.20. The lowest BCUT2D eigenvalue weighted by atomic mass is 9.95. The Morgan fingerprint density at radius 2 is 1.79 bits per heavy atom. The number of halogens is 1. The minimum Gasteiger partial charge on any atom is -0.444 e. The molecule has 3 aliphatic rings. The molecule has 9 nitrogen and oxygen atoms in total. The number of piperidine rings is 1. The van der Waals surface area contributed by atoms with Crippen LogP contribution in [0.1, 0.15) is 66.3 Å². The first-order valence-corrected chi connectivity index (χ1v) is 10.7. The number of fused-ring (bicyclic) bond motifs is 1. The maximum Gasteiger partial charge on any atom is 0.410 e. The number of nitrogens with one attached hydrogen (secondary N) is 1. The summed E-state index contributed by atoms with van der Waals surface area (Å²) in [5, 5.41) is 2.11. The van der Waals surface area contributed by atoms with Crippen molar-refractivity contribution < 1.29 is 33.1 Å². The summed E-state index contributed by atoms with van der Waals surface area (Å²) >= 11 is 0. The van der Waals surface area contributed by atoms with Crippen LogP contribution in [-0.4, -0.2) is 64.3 Å². The zero-order valence-electron chi connectivity index (χ0n) is 18.6. The summed E-state index contributed by atoms with van der Waals surface area (Å²) in [5.41, 5.74) is -0.344. The fourth-order valence-corrected chi connectivity index (χ4v) is 4.17. The zero-order valence-corrected chi connectivity index (χ0v) is 18.6. The molecule has 1 saturated heterocycles. The molecule has 33 heavy (non-hydrogen) atoms. The van der Waals surface area contributed by atoms with Crippen LogP contribution in [-0.2, 0) is 14.3 Å². The molecule has 10 heteroatoms. The van der Waals surface area contributed by atoms with Gasteiger partial charge in [-0.3, -0.25) is 29.4 Å². The highest BCUT2D eigenvalue weighted by Gasteiger charge is 2.46. The Hall–Kier alpha value is -3.56. The van der Waals surface area contributed by atoms with Crippen LogP contribution in [0.5, 0.6) is 0 Å². The Morgan fingerprint density at radius 3 is 2.39 bits per heavy atom. The maximum absolute atomic E-state index is 15.5. The van der Waals surface area contributed by atoms with E-state index >= 15 is 4.39 Å². The van der Waals surface area contributed by atoms with Gasteiger partial charge in [-0.1, -0.05) is 12.1 Å². The summed E-state index contributed by atoms with van der Waals surface area (Å²) in [6.07, 6.45) is 1.55. The number of carbonyl (C=O) groups excluding carboxylic acids is 5. The molecule has 1 atom stereocenters. The highest BCUT2D eigenvalue weighted by atomic mass is 19.1. The second-order valence-electron chi connectivity index (χ2n) is 9.20. The van der Waals surface area contributed by atoms with Crippen molar-refractivity contribution in [1.29, 1.82) is 0 Å². The largest absolute Gasteiger partial charge is 0.444 e. The molecule has 3 heterocycles. The smallest absolute Gasteiger partial charge is 0.410 e. The average molecular weight is 457 g/mol. The fraction of sp³-hybridized carbons (Fsp3) is 0.435. The molecule has 0 bridgehead atoms. The van der Waals surface area contributed by atoms with Gasteiger partial charge in [0.1, 0.15) is 17.5 Å². The van der Waals surface area contributed by atoms with Crippen molar-refractivity contribution in [2.45, 2.75) is 51.7 Å². The highest BCUT2D eigenvalue weighted by Crippen LogP contribution is 2.34. The van der Waals surface area contributed by atoms with E-state index in [9.17, 15) is 24.0 Å². The zero-order chi connectivity index (χ0) is 24.1. The molecule has 0 radical (unpaired) electrons. The van der Waals surface area contributed by atoms with Gasteiger partial charge in [-0.15, -0.1) is 0 Å². The Balaban J connectivity index is 1.57. The van der Waals surface area contributed by atoms with E-state index < -0.39 is 47.2 Å². The summed E-state index contributed by atoms with van der Waals surface area (Å²) in [4.78, 5) is 63.8. The van der Waals surface area contributed by atoms with Crippen molar-refractivity contribution in [3.05, 3.63) is 40.7 Å². The molecular weight excluding hydrogens is 433 g/mol. The summed E-state index contributed by atoms with van der Waals surface area (Å²) < 4.78 is 20.8. The molecule has 1 N–H and O–H groups in total. The number of hydrogen-bond donors (Lipinski definition) is 1. The van der Waals surface area contributed by atoms with Gasteiger partial charge in [-0.2, -0.15) is 0 Å². The molecule has 4 rings (SSSR count). The van der Waals surface area contributed by atoms with Crippen molar-refractivity contribution >= 4 is 35.3 Å². The summed E-state index contributed by atoms with van der Waals surface area (Å²) in [6, 6.07) is 1.65. The third-order valence-electron chi connectivity index (χ3n) is 5.75. The first kappa shape index (κ1) is 22.6. The number of imide groups is 2. The van der Waals surface area contributed by atoms with Gasteiger partial charge in [0.25, 0.3) is 11.8 Å². The number of amides is 5. The van der Waals surface area contributed by atoms with Gasteiger partial charge in [0, 0.05) is 25.1 Å². The van der Waals surface area contributed by atoms with Crippen LogP contribution in [0.15, 0.2) is 18.2 Å². The third-order valence-corrected chi connectivity index (χ3v) is 5.75. The normalized spacial score (nSPS) is 21.1. The lowest BCUT2D eigenvalue weighted by molar-refractivity contribution is -0.136. The van der Waals surface area contributed by atoms with Gasteiger partial charge in [0.05, 0.1) is 11.1 Å². The molecule has 1 unspecified atom stereocenters. The molecule has 1 aromatic carbocycles. The van der Waals surface area contributed by atoms with Gasteiger partial charge in [0.2, 0.25) is 11.8 Å². The second kappa shape index (κ2) is 8.09. The van der Waals surface area contributed by atoms with Crippen LogP contribution in [0.2, 0.25) is 0 Å². The Bertz CT molecular complexity index is 1120. The van der Waals surface area contributed by atoms with E-state index in [1.807, 2.05) is 0 Å². The highest BCUT2D eigenvalue weighted by molar-refractivity contribution is 6.23. The number of ether oxygens (including phenoxy) is 1. The molecule has 0 saturated carbocycles. The first-order chi connectivity index (χ1) is 15.5. The molecule has 5 amide bonds. The Labute approximate surface area is 189 Å². The van der Waals surface area contributed by atoms with Crippen molar-refractivity contribution in [2.75, 3.05) is 13.1 Å². The number of nitrogens with zero attached hydrogens (tertiary/aromatic N) is 2. The SMILES string of the molecule is CC(C)(C)OC(=O)N1CC=C(c2ccc3c(c2F)C(=O)N(C2CCC(=O)NC2=O)C3=O)CC1. The number of hydrogen-bond acceptors (Lipinski definition) is 6. The van der Waals surface area contributed by atoms with E-state index in [1.54, 1.807) is 26.8 Å². The van der Waals surface area contributed by atoms with E-state index in [0.717, 1.165) is 4.90 Å². The molecule has 1 fully saturated rings. The van der Waals surface area contributed by atoms with Gasteiger partial charge in [-0.05, 0) is 45.3 Å². The quantitative estimate of drug-likeness (QED) is 0.682. The van der Waals surface area contributed by atoms with Crippen LogP contribution in [0.3, 0.4) is 0 Å². The summed E-state index contributed by atoms with van der Waals surface area (Å²) in [5.74, 6) is -3.72. The van der Waals surface area contributed by atoms with Crippen LogP contribution in [0.25, 0.3) is 5.57 Å². The van der Waals surface area contributed by atoms with Crippen molar-refractivity contribution in [3.63, 3.8) is 0 Å². The minimum absolute atomic E-state index is 0.00371. The predicted octanol–water partition coefficient (Wildman–Crippen LogP) is 2.25. The van der Waals surface area contributed by atoms with E-state index in [0.29, 0.717) is 18.5 Å². The molecule has 0 aliphatic carbocycles. The Kier molecular flexibility index (Phi) is 5.55. The van der Waals surface area contributed by atoms with Crippen molar-refractivity contribution in [2.24, 2.45) is 0 Å². The molecule has 3 aliphatic heterocycles. The predicted molar refractivity (Wildman–Crippen MR) is 113 cm³/mol. The van der Waals surface area contributed by atoms with Gasteiger partial charge in [-0.25, -0.2) is 9.18 Å². The number of carbonyl (C=O) groups is 5. The number of benzene rings is 1. The number of rotatable bonds is 2. The van der Waals surface area contributed by atoms with Crippen LogP contribution >= 0.6 is 0 Å². The lowest BCUT2D eigenvalue weighted by Crippen LogP contribution is -2.54. The van der Waals surface area contributed by atoms with Gasteiger partial charge in [0.15, 0.2) is 0 Å². The van der Waals surface area contributed by atoms with Crippen molar-refractivity contribution in [3.8, 4) is 0 Å². The molecular formula is C23H24FN3O6. The first-order valence-electron chi connectivity index (χ1n) is 10.7. The van der Waals surface area contributed by atoms with Crippen LogP contribution in [0, 0.1) is 5.82 Å². The van der Waals surface area contributed by atoms with Crippen molar-refractivity contribution in [1.82, 2.24) is 15.1 Å². The fourth-order valence-electron chi connectivity index (χ4n) is 4.17. The lowest BCUT2D eigenvalue weighted by Gasteiger charge is -2.29. The maximum atomic E-state index is 15.5. The van der Waals surface area contributed by atoms with Crippen LogP contribution < -0.4 is 5.32 Å². The standard InChI is InChI=1S/C23H24FN3O6/c1-23(2,3)33-22(32)26-10-8-12(9-11-26)13-4-5-14-17(18(13)24)21(31)27(20(14)30)15-6-7-16(28)25-19(15)29/h4-5,8,15H,6-7,9-11H2,1-3H3,(H,25,28,29). The van der Waals surface area contributed by atoms with Crippen LogP contribution in [0.4, 0.5) is 9.18 Å². The van der Waals surface area contributed by atoms with E-state index in [1.165, 1.54) is 17.0 Å². The average Bonchev–Trinajstić information content (AvgIpc) is 2.98. The summed E-state index contributed by atoms with van der Waals surface area (Å²) in [6.45, 7) is 5.84. The van der Waals surface area contributed by atoms with E-state index in [2.05, 4.69) is 5.32 Å². The van der Waals surface area contributed by atoms with Gasteiger partial charge >= 0.3 is 6.09 Å².